The smallest absolute Gasteiger partial charge is 0.243 e. The molecule has 2 fully saturated rings. The summed E-state index contributed by atoms with van der Waals surface area (Å²) in [6.07, 6.45) is 5.14. The molecule has 1 saturated heterocycles. The summed E-state index contributed by atoms with van der Waals surface area (Å²) in [5.74, 6) is 1.60. The Morgan fingerprint density at radius 1 is 1.23 bits per heavy atom. The molecule has 0 aromatic rings. The molecule has 2 N–H and O–H groups in total. The molecule has 22 heavy (non-hydrogen) atoms. The highest BCUT2D eigenvalue weighted by Gasteiger charge is 2.24. The zero-order chi connectivity index (χ0) is 15.9. The molecule has 0 spiro atoms. The van der Waals surface area contributed by atoms with Gasteiger partial charge in [-0.05, 0) is 44.7 Å². The van der Waals surface area contributed by atoms with Gasteiger partial charge in [0.15, 0.2) is 5.96 Å². The maximum atomic E-state index is 11.7. The maximum absolute atomic E-state index is 11.7. The van der Waals surface area contributed by atoms with Crippen LogP contribution in [0.4, 0.5) is 0 Å². The van der Waals surface area contributed by atoms with E-state index in [0.29, 0.717) is 6.04 Å². The Morgan fingerprint density at radius 2 is 1.95 bits per heavy atom. The summed E-state index contributed by atoms with van der Waals surface area (Å²) >= 11 is 0. The van der Waals surface area contributed by atoms with Gasteiger partial charge in [-0.1, -0.05) is 6.92 Å². The van der Waals surface area contributed by atoms with E-state index >= 15 is 0 Å². The van der Waals surface area contributed by atoms with E-state index in [1.165, 1.54) is 32.2 Å². The van der Waals surface area contributed by atoms with Crippen molar-refractivity contribution in [1.29, 1.82) is 0 Å². The topological polar surface area (TPSA) is 60.0 Å². The van der Waals surface area contributed by atoms with E-state index in [-0.39, 0.29) is 12.5 Å². The molecule has 1 unspecified atom stereocenters. The van der Waals surface area contributed by atoms with Crippen molar-refractivity contribution in [3.05, 3.63) is 0 Å². The summed E-state index contributed by atoms with van der Waals surface area (Å²) in [7, 11) is 3.53. The van der Waals surface area contributed by atoms with Crippen molar-refractivity contribution in [1.82, 2.24) is 20.4 Å². The summed E-state index contributed by atoms with van der Waals surface area (Å²) < 4.78 is 0. The number of carbonyl (C=O) groups excluding carboxylic acids is 1. The van der Waals surface area contributed by atoms with Crippen LogP contribution in [0.15, 0.2) is 4.99 Å². The summed E-state index contributed by atoms with van der Waals surface area (Å²) in [5.41, 5.74) is 0. The van der Waals surface area contributed by atoms with Gasteiger partial charge in [0.1, 0.15) is 6.54 Å². The molecule has 1 atom stereocenters. The highest BCUT2D eigenvalue weighted by atomic mass is 16.2. The Balaban J connectivity index is 1.82. The van der Waals surface area contributed by atoms with Crippen molar-refractivity contribution in [2.45, 2.75) is 38.6 Å². The molecule has 6 nitrogen and oxygen atoms in total. The highest BCUT2D eigenvalue weighted by molar-refractivity contribution is 5.84. The zero-order valence-corrected chi connectivity index (χ0v) is 14.3. The fourth-order valence-corrected chi connectivity index (χ4v) is 2.78. The van der Waals surface area contributed by atoms with Crippen molar-refractivity contribution in [2.75, 3.05) is 46.8 Å². The van der Waals surface area contributed by atoms with Gasteiger partial charge in [-0.25, -0.2) is 4.99 Å². The number of carbonyl (C=O) groups is 1. The first kappa shape index (κ1) is 17.1. The molecule has 6 heteroatoms. The van der Waals surface area contributed by atoms with Crippen molar-refractivity contribution in [3.63, 3.8) is 0 Å². The predicted molar refractivity (Wildman–Crippen MR) is 90.0 cm³/mol. The van der Waals surface area contributed by atoms with E-state index in [9.17, 15) is 4.79 Å². The van der Waals surface area contributed by atoms with Crippen LogP contribution in [0.5, 0.6) is 0 Å². The molecule has 126 valence electrons. The molecule has 2 aliphatic rings. The third-order valence-corrected chi connectivity index (χ3v) is 4.54. The van der Waals surface area contributed by atoms with Gasteiger partial charge in [-0.3, -0.25) is 9.69 Å². The van der Waals surface area contributed by atoms with Gasteiger partial charge in [0.2, 0.25) is 5.91 Å². The van der Waals surface area contributed by atoms with Crippen molar-refractivity contribution < 1.29 is 4.79 Å². The third-order valence-electron chi connectivity index (χ3n) is 4.54. The third kappa shape index (κ3) is 5.48. The summed E-state index contributed by atoms with van der Waals surface area (Å²) in [4.78, 5) is 20.2. The van der Waals surface area contributed by atoms with Crippen molar-refractivity contribution in [3.8, 4) is 0 Å². The maximum Gasteiger partial charge on any atom is 0.243 e. The number of likely N-dealkylation sites (tertiary alicyclic amines) is 1. The van der Waals surface area contributed by atoms with Gasteiger partial charge in [0.25, 0.3) is 0 Å². The van der Waals surface area contributed by atoms with E-state index in [0.717, 1.165) is 31.5 Å². The van der Waals surface area contributed by atoms with E-state index in [1.54, 1.807) is 19.0 Å². The van der Waals surface area contributed by atoms with E-state index in [2.05, 4.69) is 27.4 Å². The molecule has 0 radical (unpaired) electrons. The largest absolute Gasteiger partial charge is 0.356 e. The predicted octanol–water partition coefficient (Wildman–Crippen LogP) is 0.504. The monoisotopic (exact) mass is 309 g/mol. The molecule has 1 aliphatic carbocycles. The number of nitrogens with zero attached hydrogens (tertiary/aromatic N) is 3. The number of aliphatic imine (C=N–C) groups is 1. The lowest BCUT2D eigenvalue weighted by Crippen LogP contribution is -2.45. The number of nitrogens with one attached hydrogen (secondary N) is 2. The Hall–Kier alpha value is -1.30. The van der Waals surface area contributed by atoms with Gasteiger partial charge >= 0.3 is 0 Å². The second-order valence-electron chi connectivity index (χ2n) is 6.58. The van der Waals surface area contributed by atoms with Crippen LogP contribution in [0.1, 0.15) is 32.6 Å². The van der Waals surface area contributed by atoms with E-state index in [4.69, 9.17) is 0 Å². The quantitative estimate of drug-likeness (QED) is 0.531. The summed E-state index contributed by atoms with van der Waals surface area (Å²) in [5, 5.41) is 6.81. The second kappa shape index (κ2) is 8.36. The molecule has 1 saturated carbocycles. The van der Waals surface area contributed by atoms with Crippen LogP contribution >= 0.6 is 0 Å². The van der Waals surface area contributed by atoms with Crippen LogP contribution in [0, 0.1) is 5.92 Å². The fourth-order valence-electron chi connectivity index (χ4n) is 2.78. The van der Waals surface area contributed by atoms with Crippen LogP contribution < -0.4 is 10.6 Å². The normalized spacial score (nSPS) is 22.7. The lowest BCUT2D eigenvalue weighted by atomic mass is 10.2. The molecular weight excluding hydrogens is 278 g/mol. The van der Waals surface area contributed by atoms with Crippen LogP contribution in [-0.2, 0) is 4.79 Å². The average Bonchev–Trinajstić information content (AvgIpc) is 3.22. The first-order chi connectivity index (χ1) is 10.6. The van der Waals surface area contributed by atoms with Gasteiger partial charge in [-0.15, -0.1) is 0 Å². The Labute approximate surface area is 134 Å². The van der Waals surface area contributed by atoms with Gasteiger partial charge in [0.05, 0.1) is 0 Å². The molecule has 1 aliphatic heterocycles. The van der Waals surface area contributed by atoms with Gasteiger partial charge < -0.3 is 15.5 Å². The average molecular weight is 309 g/mol. The van der Waals surface area contributed by atoms with Gasteiger partial charge in [0, 0.05) is 33.2 Å². The fraction of sp³-hybridized carbons (Fsp3) is 0.875. The van der Waals surface area contributed by atoms with Crippen LogP contribution in [0.3, 0.4) is 0 Å². The molecule has 1 amide bonds. The molecule has 0 aromatic heterocycles. The minimum atomic E-state index is 0.0311. The first-order valence-corrected chi connectivity index (χ1v) is 8.56. The minimum Gasteiger partial charge on any atom is -0.356 e. The first-order valence-electron chi connectivity index (χ1n) is 8.56. The molecule has 1 heterocycles. The minimum absolute atomic E-state index is 0.0311. The van der Waals surface area contributed by atoms with Crippen LogP contribution in [-0.4, -0.2) is 74.5 Å². The number of amides is 1. The molecule has 0 aromatic carbocycles. The Morgan fingerprint density at radius 3 is 2.59 bits per heavy atom. The number of hydrogen-bond acceptors (Lipinski definition) is 3. The van der Waals surface area contributed by atoms with E-state index in [1.807, 2.05) is 0 Å². The zero-order valence-electron chi connectivity index (χ0n) is 14.3. The second-order valence-corrected chi connectivity index (χ2v) is 6.58. The Bertz CT molecular complexity index is 392. The standard InChI is InChI=1S/C16H31N5O/c1-4-21-9-5-6-14(21)11-18-16(17-10-13-7-8-13)19-12-15(22)20(2)3/h13-14H,4-12H2,1-3H3,(H2,17,18,19). The van der Waals surface area contributed by atoms with Crippen molar-refractivity contribution >= 4 is 11.9 Å². The number of guanidine groups is 1. The SMILES string of the molecule is CCN1CCCC1CNC(=NCC(=O)N(C)C)NCC1CC1. The number of hydrogen-bond donors (Lipinski definition) is 2. The highest BCUT2D eigenvalue weighted by Crippen LogP contribution is 2.27. The van der Waals surface area contributed by atoms with Gasteiger partial charge in [-0.2, -0.15) is 0 Å². The van der Waals surface area contributed by atoms with E-state index < -0.39 is 0 Å². The summed E-state index contributed by atoms with van der Waals surface area (Å²) in [6, 6.07) is 0.586. The molecular formula is C16H31N5O. The lowest BCUT2D eigenvalue weighted by molar-refractivity contribution is -0.127. The molecule has 0 bridgehead atoms. The summed E-state index contributed by atoms with van der Waals surface area (Å²) in [6.45, 7) is 6.59. The Kier molecular flexibility index (Phi) is 6.49. The van der Waals surface area contributed by atoms with Crippen LogP contribution in [0.2, 0.25) is 0 Å². The number of rotatable bonds is 7. The molecule has 2 rings (SSSR count). The lowest BCUT2D eigenvalue weighted by Gasteiger charge is -2.24. The van der Waals surface area contributed by atoms with Crippen molar-refractivity contribution in [2.24, 2.45) is 10.9 Å². The number of likely N-dealkylation sites (N-methyl/N-ethyl adjacent to an activating group) is 2. The van der Waals surface area contributed by atoms with Crippen LogP contribution in [0.25, 0.3) is 0 Å².